The van der Waals surface area contributed by atoms with Gasteiger partial charge in [-0.1, -0.05) is 31.2 Å². The summed E-state index contributed by atoms with van der Waals surface area (Å²) >= 11 is 0. The van der Waals surface area contributed by atoms with Crippen LogP contribution in [0.25, 0.3) is 0 Å². The van der Waals surface area contributed by atoms with Crippen molar-refractivity contribution in [3.8, 4) is 11.5 Å². The molecule has 0 radical (unpaired) electrons. The zero-order chi connectivity index (χ0) is 19.8. The van der Waals surface area contributed by atoms with Gasteiger partial charge in [-0.2, -0.15) is 0 Å². The molecule has 0 spiro atoms. The van der Waals surface area contributed by atoms with Crippen molar-refractivity contribution < 1.29 is 15.0 Å². The summed E-state index contributed by atoms with van der Waals surface area (Å²) in [5.41, 5.74) is 1.99. The van der Waals surface area contributed by atoms with Crippen LogP contribution in [0.5, 0.6) is 11.5 Å². The maximum Gasteiger partial charge on any atom is 0.140 e. The Morgan fingerprint density at radius 1 is 0.889 bits per heavy atom. The van der Waals surface area contributed by atoms with E-state index in [1.54, 1.807) is 24.3 Å². The van der Waals surface area contributed by atoms with Crippen LogP contribution in [0.2, 0.25) is 0 Å². The zero-order valence-corrected chi connectivity index (χ0v) is 16.6. The van der Waals surface area contributed by atoms with Crippen molar-refractivity contribution >= 4 is 5.78 Å². The highest BCUT2D eigenvalue weighted by atomic mass is 16.3. The van der Waals surface area contributed by atoms with Crippen LogP contribution in [0.15, 0.2) is 48.5 Å². The Balaban J connectivity index is 2.26. The molecule has 0 saturated heterocycles. The quantitative estimate of drug-likeness (QED) is 0.597. The summed E-state index contributed by atoms with van der Waals surface area (Å²) in [5.74, 6) is 0.453. The van der Waals surface area contributed by atoms with E-state index < -0.39 is 0 Å². The molecule has 0 aromatic heterocycles. The molecule has 0 aliphatic carbocycles. The Morgan fingerprint density at radius 2 is 1.41 bits per heavy atom. The van der Waals surface area contributed by atoms with E-state index >= 15 is 0 Å². The predicted molar refractivity (Wildman–Crippen MR) is 109 cm³/mol. The van der Waals surface area contributed by atoms with E-state index in [1.807, 2.05) is 38.4 Å². The number of nitrogens with zero attached hydrogens (tertiary/aromatic N) is 1. The van der Waals surface area contributed by atoms with Gasteiger partial charge >= 0.3 is 0 Å². The first-order chi connectivity index (χ1) is 12.9. The summed E-state index contributed by atoms with van der Waals surface area (Å²) in [5, 5.41) is 19.2. The number of phenols is 2. The number of Topliss-reactive ketones (excluding diaryl/α,β-unsaturated/α-hetero) is 1. The Labute approximate surface area is 162 Å². The van der Waals surface area contributed by atoms with Crippen molar-refractivity contribution in [2.75, 3.05) is 20.6 Å². The van der Waals surface area contributed by atoms with Gasteiger partial charge in [0.2, 0.25) is 0 Å². The van der Waals surface area contributed by atoms with E-state index in [9.17, 15) is 15.0 Å². The highest BCUT2D eigenvalue weighted by Gasteiger charge is 2.29. The topological polar surface area (TPSA) is 60.8 Å². The molecule has 0 saturated carbocycles. The van der Waals surface area contributed by atoms with E-state index in [1.165, 1.54) is 0 Å². The number of hydrogen-bond acceptors (Lipinski definition) is 4. The smallest absolute Gasteiger partial charge is 0.140 e. The van der Waals surface area contributed by atoms with Crippen LogP contribution in [-0.4, -0.2) is 41.5 Å². The Morgan fingerprint density at radius 3 is 1.89 bits per heavy atom. The van der Waals surface area contributed by atoms with Crippen LogP contribution in [0, 0.1) is 0 Å². The molecular weight excluding hydrogens is 338 g/mol. The van der Waals surface area contributed by atoms with Crippen LogP contribution in [0.3, 0.4) is 0 Å². The standard InChI is InChI=1S/C23H31NO3/c1-4-21(17-8-12-19(25)13-9-17)23(18-10-14-20(26)15-11-18)22(27)7-5-6-16-24(2)3/h8-15,21,23,25-26H,4-7,16H2,1-3H3/t21-,23+/m1/s1. The third-order valence-electron chi connectivity index (χ3n) is 5.04. The first kappa shape index (κ1) is 21.0. The van der Waals surface area contributed by atoms with Crippen LogP contribution < -0.4 is 0 Å². The lowest BCUT2D eigenvalue weighted by Gasteiger charge is -2.26. The van der Waals surface area contributed by atoms with Crippen LogP contribution in [0.1, 0.15) is 55.6 Å². The normalized spacial score (nSPS) is 13.5. The zero-order valence-electron chi connectivity index (χ0n) is 16.6. The maximum absolute atomic E-state index is 13.2. The van der Waals surface area contributed by atoms with E-state index in [2.05, 4.69) is 11.8 Å². The molecule has 2 atom stereocenters. The molecule has 4 nitrogen and oxygen atoms in total. The van der Waals surface area contributed by atoms with Gasteiger partial charge < -0.3 is 15.1 Å². The molecule has 0 bridgehead atoms. The first-order valence-corrected chi connectivity index (χ1v) is 9.67. The molecule has 0 fully saturated rings. The lowest BCUT2D eigenvalue weighted by molar-refractivity contribution is -0.121. The molecule has 27 heavy (non-hydrogen) atoms. The number of benzene rings is 2. The van der Waals surface area contributed by atoms with Gasteiger partial charge in [0.1, 0.15) is 17.3 Å². The number of hydrogen-bond donors (Lipinski definition) is 2. The first-order valence-electron chi connectivity index (χ1n) is 9.67. The summed E-state index contributed by atoms with van der Waals surface area (Å²) < 4.78 is 0. The van der Waals surface area contributed by atoms with Crippen molar-refractivity contribution in [2.45, 2.75) is 44.4 Å². The molecule has 0 aliphatic rings. The van der Waals surface area contributed by atoms with Gasteiger partial charge in [0.05, 0.1) is 0 Å². The van der Waals surface area contributed by atoms with Gasteiger partial charge in [-0.05, 0) is 81.2 Å². The van der Waals surface area contributed by atoms with Crippen molar-refractivity contribution in [1.29, 1.82) is 0 Å². The second kappa shape index (κ2) is 10.1. The molecule has 146 valence electrons. The van der Waals surface area contributed by atoms with Gasteiger partial charge in [0.15, 0.2) is 0 Å². The number of unbranched alkanes of at least 4 members (excludes halogenated alkanes) is 1. The fourth-order valence-corrected chi connectivity index (χ4v) is 3.59. The van der Waals surface area contributed by atoms with E-state index in [0.717, 1.165) is 36.9 Å². The summed E-state index contributed by atoms with van der Waals surface area (Å²) in [6.07, 6.45) is 3.24. The summed E-state index contributed by atoms with van der Waals surface area (Å²) in [6, 6.07) is 14.1. The number of carbonyl (C=O) groups is 1. The van der Waals surface area contributed by atoms with E-state index in [4.69, 9.17) is 0 Å². The SMILES string of the molecule is CC[C@H](c1ccc(O)cc1)[C@@H](C(=O)CCCCN(C)C)c1ccc(O)cc1. The van der Waals surface area contributed by atoms with Crippen LogP contribution in [-0.2, 0) is 4.79 Å². The monoisotopic (exact) mass is 369 g/mol. The average molecular weight is 370 g/mol. The molecule has 2 rings (SSSR count). The highest BCUT2D eigenvalue weighted by Crippen LogP contribution is 2.38. The van der Waals surface area contributed by atoms with Crippen molar-refractivity contribution in [3.63, 3.8) is 0 Å². The van der Waals surface area contributed by atoms with Gasteiger partial charge in [-0.15, -0.1) is 0 Å². The van der Waals surface area contributed by atoms with Gasteiger partial charge in [-0.3, -0.25) is 4.79 Å². The molecule has 0 heterocycles. The Kier molecular flexibility index (Phi) is 7.86. The van der Waals surface area contributed by atoms with E-state index in [0.29, 0.717) is 6.42 Å². The second-order valence-electron chi connectivity index (χ2n) is 7.40. The summed E-state index contributed by atoms with van der Waals surface area (Å²) in [7, 11) is 4.08. The summed E-state index contributed by atoms with van der Waals surface area (Å²) in [6.45, 7) is 3.07. The van der Waals surface area contributed by atoms with Crippen molar-refractivity contribution in [1.82, 2.24) is 4.90 Å². The summed E-state index contributed by atoms with van der Waals surface area (Å²) in [4.78, 5) is 15.3. The predicted octanol–water partition coefficient (Wildman–Crippen LogP) is 4.68. The number of aromatic hydroxyl groups is 2. The lowest BCUT2D eigenvalue weighted by Crippen LogP contribution is -2.21. The third kappa shape index (κ3) is 6.10. The molecule has 2 aromatic carbocycles. The molecule has 2 N–H and O–H groups in total. The molecule has 0 unspecified atom stereocenters. The Hall–Kier alpha value is -2.33. The van der Waals surface area contributed by atoms with Gasteiger partial charge in [-0.25, -0.2) is 0 Å². The maximum atomic E-state index is 13.2. The average Bonchev–Trinajstić information content (AvgIpc) is 2.65. The van der Waals surface area contributed by atoms with Crippen LogP contribution in [0.4, 0.5) is 0 Å². The fraction of sp³-hybridized carbons (Fsp3) is 0.435. The molecule has 4 heteroatoms. The number of phenolic OH excluding ortho intramolecular Hbond substituents is 2. The van der Waals surface area contributed by atoms with Gasteiger partial charge in [0.25, 0.3) is 0 Å². The minimum atomic E-state index is -0.250. The minimum Gasteiger partial charge on any atom is -0.508 e. The van der Waals surface area contributed by atoms with E-state index in [-0.39, 0.29) is 29.1 Å². The van der Waals surface area contributed by atoms with Crippen molar-refractivity contribution in [3.05, 3.63) is 59.7 Å². The second-order valence-corrected chi connectivity index (χ2v) is 7.40. The van der Waals surface area contributed by atoms with Gasteiger partial charge in [0, 0.05) is 12.3 Å². The van der Waals surface area contributed by atoms with Crippen molar-refractivity contribution in [2.24, 2.45) is 0 Å². The number of carbonyl (C=O) groups excluding carboxylic acids is 1. The fourth-order valence-electron chi connectivity index (χ4n) is 3.59. The molecule has 0 aliphatic heterocycles. The Bertz CT molecular complexity index is 707. The number of rotatable bonds is 10. The largest absolute Gasteiger partial charge is 0.508 e. The molecule has 2 aromatic rings. The number of ketones is 1. The third-order valence-corrected chi connectivity index (χ3v) is 5.04. The lowest BCUT2D eigenvalue weighted by atomic mass is 9.76. The molecular formula is C23H31NO3. The molecule has 0 amide bonds. The van der Waals surface area contributed by atoms with Crippen LogP contribution >= 0.6 is 0 Å². The minimum absolute atomic E-state index is 0.0384. The highest BCUT2D eigenvalue weighted by molar-refractivity contribution is 5.87.